The van der Waals surface area contributed by atoms with Gasteiger partial charge < -0.3 is 19.0 Å². The van der Waals surface area contributed by atoms with Crippen molar-refractivity contribution < 1.29 is 36.4 Å². The molecule has 2 aromatic heterocycles. The topological polar surface area (TPSA) is 107 Å². The van der Waals surface area contributed by atoms with Crippen LogP contribution in [0.2, 0.25) is 0 Å². The molecule has 0 spiro atoms. The number of ether oxygens (including phenoxy) is 1. The molecule has 5 rings (SSSR count). The molecule has 0 aliphatic heterocycles. The first-order valence-electron chi connectivity index (χ1n) is 12.8. The van der Waals surface area contributed by atoms with Gasteiger partial charge in [0.1, 0.15) is 5.76 Å². The minimum Gasteiger partial charge on any atom is -0.451 e. The van der Waals surface area contributed by atoms with Gasteiger partial charge in [-0.2, -0.15) is 18.2 Å². The molecule has 1 N–H and O–H groups in total. The monoisotopic (exact) mass is 575 g/mol. The number of nitrogens with one attached hydrogen (secondary N) is 1. The number of rotatable bonds is 9. The lowest BCUT2D eigenvalue weighted by atomic mass is 9.99. The Kier molecular flexibility index (Phi) is 7.92. The average Bonchev–Trinajstić information content (AvgIpc) is 3.65. The number of benzene rings is 3. The summed E-state index contributed by atoms with van der Waals surface area (Å²) < 4.78 is 58.2. The zero-order valence-corrected chi connectivity index (χ0v) is 22.4. The zero-order chi connectivity index (χ0) is 29.9. The molecular formula is C31H24F3N3O5. The smallest absolute Gasteiger partial charge is 0.416 e. The Morgan fingerprint density at radius 3 is 2.21 bits per heavy atom. The number of aromatic nitrogens is 2. The number of carbonyl (C=O) groups is 2. The molecule has 0 saturated heterocycles. The van der Waals surface area contributed by atoms with Gasteiger partial charge >= 0.3 is 6.18 Å². The van der Waals surface area contributed by atoms with E-state index in [1.165, 1.54) is 18.2 Å². The van der Waals surface area contributed by atoms with Gasteiger partial charge in [0.05, 0.1) is 5.56 Å². The van der Waals surface area contributed by atoms with Gasteiger partial charge in [0.25, 0.3) is 18.3 Å². The van der Waals surface area contributed by atoms with Gasteiger partial charge in [-0.15, -0.1) is 0 Å². The van der Waals surface area contributed by atoms with Crippen LogP contribution in [0.5, 0.6) is 0 Å². The fraction of sp³-hybridized carbons (Fsp3) is 0.161. The van der Waals surface area contributed by atoms with Crippen molar-refractivity contribution in [2.24, 2.45) is 0 Å². The minimum atomic E-state index is -4.77. The summed E-state index contributed by atoms with van der Waals surface area (Å²) in [6.45, 7) is 3.90. The Bertz CT molecular complexity index is 1710. The van der Waals surface area contributed by atoms with Crippen molar-refractivity contribution in [2.45, 2.75) is 32.7 Å². The highest BCUT2D eigenvalue weighted by molar-refractivity contribution is 5.92. The van der Waals surface area contributed by atoms with Gasteiger partial charge in [0.2, 0.25) is 5.82 Å². The average molecular weight is 576 g/mol. The molecule has 0 aliphatic rings. The van der Waals surface area contributed by atoms with Gasteiger partial charge in [-0.3, -0.25) is 9.59 Å². The van der Waals surface area contributed by atoms with Crippen molar-refractivity contribution >= 4 is 12.4 Å². The third kappa shape index (κ3) is 6.41. The van der Waals surface area contributed by atoms with Crippen molar-refractivity contribution in [2.75, 3.05) is 0 Å². The van der Waals surface area contributed by atoms with E-state index >= 15 is 0 Å². The summed E-state index contributed by atoms with van der Waals surface area (Å²) in [5.41, 5.74) is 2.28. The lowest BCUT2D eigenvalue weighted by Gasteiger charge is -2.19. The summed E-state index contributed by atoms with van der Waals surface area (Å²) in [6, 6.07) is 21.2. The van der Waals surface area contributed by atoms with Crippen LogP contribution >= 0.6 is 0 Å². The summed E-state index contributed by atoms with van der Waals surface area (Å²) in [7, 11) is 0. The molecule has 1 unspecified atom stereocenters. The van der Waals surface area contributed by atoms with Crippen LogP contribution in [-0.4, -0.2) is 28.7 Å². The van der Waals surface area contributed by atoms with E-state index in [0.717, 1.165) is 22.8 Å². The van der Waals surface area contributed by atoms with Crippen LogP contribution in [0.15, 0.2) is 87.8 Å². The largest absolute Gasteiger partial charge is 0.451 e. The Hall–Kier alpha value is -5.19. The first-order chi connectivity index (χ1) is 20.1. The number of halogens is 3. The van der Waals surface area contributed by atoms with Crippen molar-refractivity contribution in [1.82, 2.24) is 15.5 Å². The summed E-state index contributed by atoms with van der Waals surface area (Å²) in [5.74, 6) is -0.305. The number of nitrogens with zero attached hydrogens (tertiary/aromatic N) is 2. The second-order valence-electron chi connectivity index (χ2n) is 9.59. The fourth-order valence-corrected chi connectivity index (χ4v) is 4.26. The maximum atomic E-state index is 14.1. The fourth-order valence-electron chi connectivity index (χ4n) is 4.26. The minimum absolute atomic E-state index is 0.0289. The maximum absolute atomic E-state index is 14.1. The molecule has 8 nitrogen and oxygen atoms in total. The SMILES string of the molecule is Cc1ccc(-c2ccc(C(=O)NC(Cc3ccc(-c4noc(-c5ccc(C)cc5)n4)cc3C(F)(F)F)OC=O)o2)cc1. The highest BCUT2D eigenvalue weighted by Crippen LogP contribution is 2.35. The second kappa shape index (κ2) is 11.7. The van der Waals surface area contributed by atoms with Crippen LogP contribution in [0.3, 0.4) is 0 Å². The molecule has 214 valence electrons. The molecule has 2 heterocycles. The van der Waals surface area contributed by atoms with E-state index in [9.17, 15) is 22.8 Å². The second-order valence-corrected chi connectivity index (χ2v) is 9.59. The summed E-state index contributed by atoms with van der Waals surface area (Å²) >= 11 is 0. The number of alkyl halides is 3. The van der Waals surface area contributed by atoms with E-state index in [1.54, 1.807) is 18.2 Å². The van der Waals surface area contributed by atoms with Crippen molar-refractivity contribution in [3.05, 3.63) is 107 Å². The van der Waals surface area contributed by atoms with Crippen molar-refractivity contribution in [1.29, 1.82) is 0 Å². The lowest BCUT2D eigenvalue weighted by molar-refractivity contribution is -0.138. The molecule has 0 saturated carbocycles. The first-order valence-corrected chi connectivity index (χ1v) is 12.8. The van der Waals surface area contributed by atoms with Crippen molar-refractivity contribution in [3.63, 3.8) is 0 Å². The van der Waals surface area contributed by atoms with Crippen LogP contribution in [0.4, 0.5) is 13.2 Å². The molecular weight excluding hydrogens is 551 g/mol. The van der Waals surface area contributed by atoms with E-state index in [4.69, 9.17) is 13.7 Å². The molecule has 1 amide bonds. The molecule has 42 heavy (non-hydrogen) atoms. The number of furan rings is 1. The van der Waals surface area contributed by atoms with Gasteiger partial charge in [-0.1, -0.05) is 64.8 Å². The number of amides is 1. The van der Waals surface area contributed by atoms with Crippen molar-refractivity contribution in [3.8, 4) is 34.2 Å². The van der Waals surface area contributed by atoms with Crippen LogP contribution in [0.25, 0.3) is 34.2 Å². The molecule has 0 bridgehead atoms. The van der Waals surface area contributed by atoms with E-state index in [1.807, 2.05) is 50.2 Å². The molecule has 1 atom stereocenters. The Labute approximate surface area is 238 Å². The predicted molar refractivity (Wildman–Crippen MR) is 146 cm³/mol. The van der Waals surface area contributed by atoms with E-state index in [0.29, 0.717) is 11.3 Å². The standard InChI is InChI=1S/C31H24F3N3O5/c1-18-3-7-20(8-4-18)25-13-14-26(41-25)29(39)35-27(40-17-38)16-22-11-12-23(15-24(22)31(32,33)34)28-36-30(42-37-28)21-9-5-19(2)6-10-21/h3-15,17,27H,16H2,1-2H3,(H,35,39). The Morgan fingerprint density at radius 1 is 0.929 bits per heavy atom. The quantitative estimate of drug-likeness (QED) is 0.153. The normalized spacial score (nSPS) is 12.1. The van der Waals surface area contributed by atoms with E-state index in [-0.39, 0.29) is 35.1 Å². The molecule has 0 fully saturated rings. The highest BCUT2D eigenvalue weighted by atomic mass is 19.4. The molecule has 0 aliphatic carbocycles. The zero-order valence-electron chi connectivity index (χ0n) is 22.4. The lowest BCUT2D eigenvalue weighted by Crippen LogP contribution is -2.38. The van der Waals surface area contributed by atoms with Gasteiger partial charge in [-0.25, -0.2) is 0 Å². The number of aryl methyl sites for hydroxylation is 2. The van der Waals surface area contributed by atoms with Crippen LogP contribution in [0, 0.1) is 13.8 Å². The third-order valence-corrected chi connectivity index (χ3v) is 6.48. The number of hydrogen-bond donors (Lipinski definition) is 1. The van der Waals surface area contributed by atoms with Gasteiger partial charge in [0, 0.05) is 23.1 Å². The van der Waals surface area contributed by atoms with E-state index < -0.39 is 30.3 Å². The molecule has 0 radical (unpaired) electrons. The van der Waals surface area contributed by atoms with Crippen LogP contribution < -0.4 is 5.32 Å². The predicted octanol–water partition coefficient (Wildman–Crippen LogP) is 6.77. The molecule has 5 aromatic rings. The van der Waals surface area contributed by atoms with Gasteiger partial charge in [0.15, 0.2) is 12.0 Å². The first kappa shape index (κ1) is 28.3. The molecule has 3 aromatic carbocycles. The van der Waals surface area contributed by atoms with Crippen LogP contribution in [-0.2, 0) is 22.1 Å². The van der Waals surface area contributed by atoms with Crippen LogP contribution in [0.1, 0.15) is 32.8 Å². The Balaban J connectivity index is 1.36. The third-order valence-electron chi connectivity index (χ3n) is 6.48. The number of hydrogen-bond acceptors (Lipinski definition) is 7. The molecule has 11 heteroatoms. The maximum Gasteiger partial charge on any atom is 0.416 e. The Morgan fingerprint density at radius 2 is 1.57 bits per heavy atom. The number of carbonyl (C=O) groups excluding carboxylic acids is 2. The van der Waals surface area contributed by atoms with Gasteiger partial charge in [-0.05, 0) is 49.7 Å². The van der Waals surface area contributed by atoms with E-state index in [2.05, 4.69) is 15.5 Å². The summed E-state index contributed by atoms with van der Waals surface area (Å²) in [4.78, 5) is 28.2. The summed E-state index contributed by atoms with van der Waals surface area (Å²) in [6.07, 6.45) is -6.64. The summed E-state index contributed by atoms with van der Waals surface area (Å²) in [5, 5.41) is 6.25. The highest BCUT2D eigenvalue weighted by Gasteiger charge is 2.35.